The van der Waals surface area contributed by atoms with Crippen LogP contribution in [-0.4, -0.2) is 48.6 Å². The summed E-state index contributed by atoms with van der Waals surface area (Å²) in [7, 11) is 2.12. The van der Waals surface area contributed by atoms with Crippen LogP contribution in [0.4, 0.5) is 0 Å². The molecule has 5 nitrogen and oxygen atoms in total. The van der Waals surface area contributed by atoms with Crippen LogP contribution in [0.15, 0.2) is 0 Å². The molecule has 2 rings (SSSR count). The maximum Gasteiger partial charge on any atom is 0.307 e. The van der Waals surface area contributed by atoms with Crippen molar-refractivity contribution in [3.05, 3.63) is 0 Å². The number of amides is 1. The Morgan fingerprint density at radius 1 is 1.10 bits per heavy atom. The van der Waals surface area contributed by atoms with Crippen LogP contribution in [0, 0.1) is 17.8 Å². The standard InChI is InChI=1S/C15H26N2O3/c1-17-8-6-11(7-9-17)10-16-14(18)12-4-2-3-5-13(12)15(19)20/h11-13H,2-10H2,1H3,(H,16,18)(H,19,20)/t12-,13+/m1/s1. The van der Waals surface area contributed by atoms with Crippen LogP contribution in [0.3, 0.4) is 0 Å². The van der Waals surface area contributed by atoms with Gasteiger partial charge in [0, 0.05) is 6.54 Å². The van der Waals surface area contributed by atoms with Crippen molar-refractivity contribution in [1.29, 1.82) is 0 Å². The van der Waals surface area contributed by atoms with Crippen LogP contribution in [0.5, 0.6) is 0 Å². The Bertz CT molecular complexity index is 351. The molecule has 2 aliphatic rings. The Labute approximate surface area is 120 Å². The maximum atomic E-state index is 12.2. The van der Waals surface area contributed by atoms with Gasteiger partial charge in [-0.1, -0.05) is 12.8 Å². The Balaban J connectivity index is 1.79. The number of nitrogens with one attached hydrogen (secondary N) is 1. The number of piperidine rings is 1. The third-order valence-electron chi connectivity index (χ3n) is 4.82. The molecule has 0 unspecified atom stereocenters. The predicted octanol–water partition coefficient (Wildman–Crippen LogP) is 1.34. The molecule has 0 aromatic rings. The minimum absolute atomic E-state index is 0.0453. The first kappa shape index (κ1) is 15.3. The zero-order chi connectivity index (χ0) is 14.5. The van der Waals surface area contributed by atoms with Gasteiger partial charge in [-0.05, 0) is 51.7 Å². The zero-order valence-corrected chi connectivity index (χ0v) is 12.3. The molecule has 1 aliphatic carbocycles. The van der Waals surface area contributed by atoms with E-state index >= 15 is 0 Å². The number of hydrogen-bond donors (Lipinski definition) is 2. The van der Waals surface area contributed by atoms with Gasteiger partial charge < -0.3 is 15.3 Å². The highest BCUT2D eigenvalue weighted by Gasteiger charge is 2.35. The molecule has 5 heteroatoms. The van der Waals surface area contributed by atoms with Crippen LogP contribution in [0.1, 0.15) is 38.5 Å². The second-order valence-electron chi connectivity index (χ2n) is 6.33. The summed E-state index contributed by atoms with van der Waals surface area (Å²) < 4.78 is 0. The fraction of sp³-hybridized carbons (Fsp3) is 0.867. The van der Waals surface area contributed by atoms with Gasteiger partial charge in [-0.15, -0.1) is 0 Å². The third-order valence-corrected chi connectivity index (χ3v) is 4.82. The van der Waals surface area contributed by atoms with Crippen molar-refractivity contribution in [3.63, 3.8) is 0 Å². The molecule has 0 aromatic heterocycles. The van der Waals surface area contributed by atoms with Gasteiger partial charge in [0.25, 0.3) is 0 Å². The Morgan fingerprint density at radius 2 is 1.70 bits per heavy atom. The number of hydrogen-bond acceptors (Lipinski definition) is 3. The van der Waals surface area contributed by atoms with Crippen LogP contribution < -0.4 is 5.32 Å². The van der Waals surface area contributed by atoms with E-state index in [0.29, 0.717) is 18.9 Å². The maximum absolute atomic E-state index is 12.2. The van der Waals surface area contributed by atoms with E-state index in [1.165, 1.54) is 0 Å². The molecule has 0 aromatic carbocycles. The van der Waals surface area contributed by atoms with Gasteiger partial charge in [0.05, 0.1) is 11.8 Å². The number of carboxylic acids is 1. The number of carboxylic acid groups (broad SMARTS) is 1. The largest absolute Gasteiger partial charge is 0.481 e. The van der Waals surface area contributed by atoms with Crippen molar-refractivity contribution in [3.8, 4) is 0 Å². The monoisotopic (exact) mass is 282 g/mol. The van der Waals surface area contributed by atoms with Crippen molar-refractivity contribution in [2.75, 3.05) is 26.7 Å². The van der Waals surface area contributed by atoms with E-state index in [1.807, 2.05) is 0 Å². The molecule has 2 fully saturated rings. The van der Waals surface area contributed by atoms with E-state index in [1.54, 1.807) is 0 Å². The lowest BCUT2D eigenvalue weighted by Crippen LogP contribution is -2.43. The first-order valence-corrected chi connectivity index (χ1v) is 7.77. The summed E-state index contributed by atoms with van der Waals surface area (Å²) in [6, 6.07) is 0. The molecule has 1 aliphatic heterocycles. The molecule has 0 spiro atoms. The van der Waals surface area contributed by atoms with Gasteiger partial charge >= 0.3 is 5.97 Å². The molecule has 1 saturated carbocycles. The molecule has 2 atom stereocenters. The van der Waals surface area contributed by atoms with Crippen molar-refractivity contribution in [1.82, 2.24) is 10.2 Å². The average molecular weight is 282 g/mol. The van der Waals surface area contributed by atoms with Crippen LogP contribution in [-0.2, 0) is 9.59 Å². The number of carbonyl (C=O) groups excluding carboxylic acids is 1. The lowest BCUT2D eigenvalue weighted by Gasteiger charge is -2.31. The number of nitrogens with zero attached hydrogens (tertiary/aromatic N) is 1. The lowest BCUT2D eigenvalue weighted by molar-refractivity contribution is -0.149. The molecule has 1 heterocycles. The second-order valence-corrected chi connectivity index (χ2v) is 6.33. The Morgan fingerprint density at radius 3 is 2.30 bits per heavy atom. The van der Waals surface area contributed by atoms with E-state index in [4.69, 9.17) is 0 Å². The van der Waals surface area contributed by atoms with E-state index < -0.39 is 11.9 Å². The number of rotatable bonds is 4. The molecule has 1 saturated heterocycles. The summed E-state index contributed by atoms with van der Waals surface area (Å²) in [4.78, 5) is 25.8. The quantitative estimate of drug-likeness (QED) is 0.816. The molecule has 114 valence electrons. The van der Waals surface area contributed by atoms with Gasteiger partial charge in [-0.2, -0.15) is 0 Å². The second kappa shape index (κ2) is 7.07. The van der Waals surface area contributed by atoms with Gasteiger partial charge in [0.1, 0.15) is 0 Å². The summed E-state index contributed by atoms with van der Waals surface area (Å²) in [5.74, 6) is -1.13. The van der Waals surface area contributed by atoms with Crippen LogP contribution >= 0.6 is 0 Å². The number of likely N-dealkylation sites (tertiary alicyclic amines) is 1. The summed E-state index contributed by atoms with van der Waals surface area (Å²) in [5, 5.41) is 12.2. The summed E-state index contributed by atoms with van der Waals surface area (Å²) in [5.41, 5.74) is 0. The third kappa shape index (κ3) is 3.95. The fourth-order valence-electron chi connectivity index (χ4n) is 3.38. The van der Waals surface area contributed by atoms with Gasteiger partial charge in [0.15, 0.2) is 0 Å². The van der Waals surface area contributed by atoms with Crippen LogP contribution in [0.25, 0.3) is 0 Å². The van der Waals surface area contributed by atoms with Crippen molar-refractivity contribution >= 4 is 11.9 Å². The SMILES string of the molecule is CN1CCC(CNC(=O)[C@@H]2CCCC[C@@H]2C(=O)O)CC1. The highest BCUT2D eigenvalue weighted by Crippen LogP contribution is 2.30. The lowest BCUT2D eigenvalue weighted by atomic mass is 9.78. The van der Waals surface area contributed by atoms with Crippen LogP contribution in [0.2, 0.25) is 0 Å². The van der Waals surface area contributed by atoms with Gasteiger partial charge in [-0.3, -0.25) is 9.59 Å². The number of aliphatic carboxylic acids is 1. The van der Waals surface area contributed by atoms with Crippen molar-refractivity contribution in [2.24, 2.45) is 17.8 Å². The smallest absolute Gasteiger partial charge is 0.307 e. The van der Waals surface area contributed by atoms with Crippen molar-refractivity contribution < 1.29 is 14.7 Å². The molecule has 1 amide bonds. The molecular weight excluding hydrogens is 256 g/mol. The average Bonchev–Trinajstić information content (AvgIpc) is 2.46. The molecular formula is C15H26N2O3. The molecule has 0 radical (unpaired) electrons. The first-order chi connectivity index (χ1) is 9.58. The number of carbonyl (C=O) groups is 2. The zero-order valence-electron chi connectivity index (χ0n) is 12.3. The highest BCUT2D eigenvalue weighted by molar-refractivity contribution is 5.84. The minimum Gasteiger partial charge on any atom is -0.481 e. The topological polar surface area (TPSA) is 69.6 Å². The molecule has 0 bridgehead atoms. The van der Waals surface area contributed by atoms with E-state index in [0.717, 1.165) is 45.2 Å². The summed E-state index contributed by atoms with van der Waals surface area (Å²) in [6.07, 6.45) is 5.48. The van der Waals surface area contributed by atoms with E-state index in [2.05, 4.69) is 17.3 Å². The van der Waals surface area contributed by atoms with Crippen molar-refractivity contribution in [2.45, 2.75) is 38.5 Å². The minimum atomic E-state index is -0.816. The summed E-state index contributed by atoms with van der Waals surface area (Å²) in [6.45, 7) is 2.87. The van der Waals surface area contributed by atoms with E-state index in [-0.39, 0.29) is 11.8 Å². The fourth-order valence-corrected chi connectivity index (χ4v) is 3.38. The first-order valence-electron chi connectivity index (χ1n) is 7.77. The highest BCUT2D eigenvalue weighted by atomic mass is 16.4. The molecule has 20 heavy (non-hydrogen) atoms. The Hall–Kier alpha value is -1.10. The molecule has 2 N–H and O–H groups in total. The summed E-state index contributed by atoms with van der Waals surface area (Å²) >= 11 is 0. The Kier molecular flexibility index (Phi) is 5.40. The van der Waals surface area contributed by atoms with Gasteiger partial charge in [-0.25, -0.2) is 0 Å². The normalized spacial score (nSPS) is 29.1. The predicted molar refractivity (Wildman–Crippen MR) is 76.3 cm³/mol. The van der Waals surface area contributed by atoms with E-state index in [9.17, 15) is 14.7 Å². The van der Waals surface area contributed by atoms with Gasteiger partial charge in [0.2, 0.25) is 5.91 Å².